The largest absolute Gasteiger partial charge is 0.366 e. The Labute approximate surface area is 197 Å². The van der Waals surface area contributed by atoms with E-state index in [0.717, 1.165) is 41.8 Å². The van der Waals surface area contributed by atoms with Gasteiger partial charge in [0.05, 0.1) is 24.2 Å². The highest BCUT2D eigenvalue weighted by Gasteiger charge is 2.29. The number of carbonyl (C=O) groups excluding carboxylic acids is 2. The molecule has 0 bridgehead atoms. The quantitative estimate of drug-likeness (QED) is 0.520. The van der Waals surface area contributed by atoms with Crippen LogP contribution in [0.4, 0.5) is 11.5 Å². The third-order valence-electron chi connectivity index (χ3n) is 5.91. The second-order valence-electron chi connectivity index (χ2n) is 8.54. The summed E-state index contributed by atoms with van der Waals surface area (Å²) in [6.07, 6.45) is 4.45. The molecule has 1 aliphatic carbocycles. The first-order valence-corrected chi connectivity index (χ1v) is 11.4. The maximum Gasteiger partial charge on any atom is 0.254 e. The minimum absolute atomic E-state index is 0.00775. The van der Waals surface area contributed by atoms with Crippen molar-refractivity contribution in [2.24, 2.45) is 5.92 Å². The zero-order chi connectivity index (χ0) is 23.5. The molecule has 1 aromatic carbocycles. The summed E-state index contributed by atoms with van der Waals surface area (Å²) in [6, 6.07) is 11.6. The SMILES string of the molecule is Cc1ncc(NC(=O)C2CNCCO2)cc1-c1cccc(-c2cc(NC(=O)C3CC3)ncn2)c1. The first-order valence-electron chi connectivity index (χ1n) is 11.4. The Hall–Kier alpha value is -3.69. The van der Waals surface area contributed by atoms with Crippen molar-refractivity contribution in [3.63, 3.8) is 0 Å². The lowest BCUT2D eigenvalue weighted by atomic mass is 10.00. The van der Waals surface area contributed by atoms with E-state index in [-0.39, 0.29) is 17.7 Å². The van der Waals surface area contributed by atoms with Crippen LogP contribution >= 0.6 is 0 Å². The number of nitrogens with one attached hydrogen (secondary N) is 3. The van der Waals surface area contributed by atoms with Crippen molar-refractivity contribution in [2.75, 3.05) is 30.3 Å². The third kappa shape index (κ3) is 5.11. The zero-order valence-electron chi connectivity index (χ0n) is 18.9. The van der Waals surface area contributed by atoms with Crippen LogP contribution in [0.2, 0.25) is 0 Å². The van der Waals surface area contributed by atoms with Gasteiger partial charge < -0.3 is 20.7 Å². The van der Waals surface area contributed by atoms with E-state index in [9.17, 15) is 9.59 Å². The molecule has 3 N–H and O–H groups in total. The maximum absolute atomic E-state index is 12.5. The summed E-state index contributed by atoms with van der Waals surface area (Å²) in [7, 11) is 0. The van der Waals surface area contributed by atoms with Crippen molar-refractivity contribution in [2.45, 2.75) is 25.9 Å². The minimum Gasteiger partial charge on any atom is -0.366 e. The summed E-state index contributed by atoms with van der Waals surface area (Å²) in [5.41, 5.74) is 4.88. The third-order valence-corrected chi connectivity index (χ3v) is 5.91. The molecule has 1 saturated carbocycles. The molecule has 3 heterocycles. The fourth-order valence-corrected chi connectivity index (χ4v) is 3.85. The molecule has 3 aromatic rings. The number of ether oxygens (including phenoxy) is 1. The van der Waals surface area contributed by atoms with Gasteiger partial charge in [-0.2, -0.15) is 0 Å². The fourth-order valence-electron chi connectivity index (χ4n) is 3.85. The second-order valence-corrected chi connectivity index (χ2v) is 8.54. The Balaban J connectivity index is 1.37. The smallest absolute Gasteiger partial charge is 0.254 e. The lowest BCUT2D eigenvalue weighted by Gasteiger charge is -2.22. The number of benzene rings is 1. The van der Waals surface area contributed by atoms with Crippen LogP contribution in [0.15, 0.2) is 48.9 Å². The van der Waals surface area contributed by atoms with Crippen LogP contribution < -0.4 is 16.0 Å². The summed E-state index contributed by atoms with van der Waals surface area (Å²) in [5.74, 6) is 0.410. The van der Waals surface area contributed by atoms with Crippen LogP contribution in [-0.2, 0) is 14.3 Å². The van der Waals surface area contributed by atoms with E-state index in [1.54, 1.807) is 12.3 Å². The van der Waals surface area contributed by atoms with Crippen LogP contribution in [0, 0.1) is 12.8 Å². The number of morpholine rings is 1. The van der Waals surface area contributed by atoms with Crippen molar-refractivity contribution in [3.8, 4) is 22.4 Å². The van der Waals surface area contributed by atoms with Crippen molar-refractivity contribution >= 4 is 23.3 Å². The standard InChI is InChI=1S/C25H26N6O3/c1-15-20(10-19(12-27-15)30-25(33)22-13-26-7-8-34-22)17-3-2-4-18(9-17)21-11-23(29-14-28-21)31-24(32)16-5-6-16/h2-4,9-12,14,16,22,26H,5-8,13H2,1H3,(H,30,33)(H,28,29,31,32). The molecular weight excluding hydrogens is 432 g/mol. The molecule has 2 aliphatic rings. The number of pyridine rings is 1. The molecule has 1 atom stereocenters. The summed E-state index contributed by atoms with van der Waals surface area (Å²) >= 11 is 0. The number of hydrogen-bond donors (Lipinski definition) is 3. The van der Waals surface area contributed by atoms with Crippen molar-refractivity contribution in [1.82, 2.24) is 20.3 Å². The Bertz CT molecular complexity index is 1220. The minimum atomic E-state index is -0.519. The predicted octanol–water partition coefficient (Wildman–Crippen LogP) is 2.79. The summed E-state index contributed by atoms with van der Waals surface area (Å²) in [5, 5.41) is 8.93. The van der Waals surface area contributed by atoms with E-state index in [1.165, 1.54) is 6.33 Å². The number of carbonyl (C=O) groups is 2. The molecule has 5 rings (SSSR count). The van der Waals surface area contributed by atoms with Gasteiger partial charge in [0, 0.05) is 41.9 Å². The first-order chi connectivity index (χ1) is 16.6. The molecule has 174 valence electrons. The molecule has 1 aliphatic heterocycles. The van der Waals surface area contributed by atoms with Gasteiger partial charge in [0.25, 0.3) is 5.91 Å². The number of hydrogen-bond acceptors (Lipinski definition) is 7. The lowest BCUT2D eigenvalue weighted by molar-refractivity contribution is -0.128. The van der Waals surface area contributed by atoms with E-state index < -0.39 is 6.10 Å². The number of rotatable bonds is 6. The Morgan fingerprint density at radius 2 is 1.88 bits per heavy atom. The number of aryl methyl sites for hydroxylation is 1. The van der Waals surface area contributed by atoms with E-state index in [0.29, 0.717) is 30.4 Å². The molecule has 2 amide bonds. The first kappa shape index (κ1) is 22.1. The molecule has 0 spiro atoms. The highest BCUT2D eigenvalue weighted by atomic mass is 16.5. The van der Waals surface area contributed by atoms with Gasteiger partial charge in [-0.05, 0) is 37.5 Å². The second kappa shape index (κ2) is 9.66. The topological polar surface area (TPSA) is 118 Å². The Morgan fingerprint density at radius 3 is 2.68 bits per heavy atom. The van der Waals surface area contributed by atoms with E-state index >= 15 is 0 Å². The van der Waals surface area contributed by atoms with Crippen LogP contribution in [0.5, 0.6) is 0 Å². The van der Waals surface area contributed by atoms with Crippen molar-refractivity contribution in [1.29, 1.82) is 0 Å². The highest BCUT2D eigenvalue weighted by Crippen LogP contribution is 2.31. The van der Waals surface area contributed by atoms with E-state index in [4.69, 9.17) is 4.74 Å². The highest BCUT2D eigenvalue weighted by molar-refractivity contribution is 5.95. The van der Waals surface area contributed by atoms with Crippen LogP contribution in [-0.4, -0.2) is 52.6 Å². The molecule has 9 heteroatoms. The van der Waals surface area contributed by atoms with Crippen LogP contribution in [0.3, 0.4) is 0 Å². The van der Waals surface area contributed by atoms with Crippen molar-refractivity contribution < 1.29 is 14.3 Å². The summed E-state index contributed by atoms with van der Waals surface area (Å²) in [6.45, 7) is 3.68. The lowest BCUT2D eigenvalue weighted by Crippen LogP contribution is -2.45. The summed E-state index contributed by atoms with van der Waals surface area (Å²) in [4.78, 5) is 37.7. The molecule has 2 fully saturated rings. The van der Waals surface area contributed by atoms with Gasteiger partial charge in [0.2, 0.25) is 5.91 Å². The number of aromatic nitrogens is 3. The molecule has 9 nitrogen and oxygen atoms in total. The Morgan fingerprint density at radius 1 is 1.03 bits per heavy atom. The van der Waals surface area contributed by atoms with Gasteiger partial charge in [-0.3, -0.25) is 14.6 Å². The average molecular weight is 459 g/mol. The molecule has 34 heavy (non-hydrogen) atoms. The van der Waals surface area contributed by atoms with Crippen molar-refractivity contribution in [3.05, 3.63) is 54.6 Å². The fraction of sp³-hybridized carbons (Fsp3) is 0.320. The van der Waals surface area contributed by atoms with Gasteiger partial charge in [0.1, 0.15) is 18.2 Å². The molecule has 0 radical (unpaired) electrons. The predicted molar refractivity (Wildman–Crippen MR) is 128 cm³/mol. The maximum atomic E-state index is 12.5. The van der Waals surface area contributed by atoms with Gasteiger partial charge in [-0.1, -0.05) is 18.2 Å². The molecule has 2 aromatic heterocycles. The molecule has 1 saturated heterocycles. The normalized spacial score (nSPS) is 17.7. The van der Waals surface area contributed by atoms with E-state index in [2.05, 4.69) is 30.9 Å². The summed E-state index contributed by atoms with van der Waals surface area (Å²) < 4.78 is 5.53. The van der Waals surface area contributed by atoms with Crippen LogP contribution in [0.1, 0.15) is 18.5 Å². The van der Waals surface area contributed by atoms with Crippen LogP contribution in [0.25, 0.3) is 22.4 Å². The number of amides is 2. The van der Waals surface area contributed by atoms with E-state index in [1.807, 2.05) is 37.3 Å². The van der Waals surface area contributed by atoms with Gasteiger partial charge in [-0.15, -0.1) is 0 Å². The van der Waals surface area contributed by atoms with Gasteiger partial charge in [-0.25, -0.2) is 9.97 Å². The number of nitrogens with zero attached hydrogens (tertiary/aromatic N) is 3. The Kier molecular flexibility index (Phi) is 6.29. The number of anilines is 2. The molecular formula is C25H26N6O3. The van der Waals surface area contributed by atoms with Gasteiger partial charge >= 0.3 is 0 Å². The average Bonchev–Trinajstić information content (AvgIpc) is 3.72. The zero-order valence-corrected chi connectivity index (χ0v) is 18.9. The monoisotopic (exact) mass is 458 g/mol. The molecule has 1 unspecified atom stereocenters. The van der Waals surface area contributed by atoms with Gasteiger partial charge in [0.15, 0.2) is 0 Å².